The Balaban J connectivity index is 1.16. The highest BCUT2D eigenvalue weighted by atomic mass is 16.6. The first-order valence-electron chi connectivity index (χ1n) is 10.5. The van der Waals surface area contributed by atoms with Gasteiger partial charge in [-0.05, 0) is 80.5 Å². The van der Waals surface area contributed by atoms with Crippen molar-refractivity contribution >= 4 is 11.8 Å². The third kappa shape index (κ3) is 3.22. The Hall–Kier alpha value is -2.26. The number of nitrogens with zero attached hydrogens (tertiary/aromatic N) is 2. The number of nitriles is 1. The summed E-state index contributed by atoms with van der Waals surface area (Å²) >= 11 is 0. The molecule has 1 aromatic carbocycles. The lowest BCUT2D eigenvalue weighted by molar-refractivity contribution is -0.177. The van der Waals surface area contributed by atoms with Gasteiger partial charge in [-0.3, -0.25) is 0 Å². The zero-order chi connectivity index (χ0) is 19.3. The Labute approximate surface area is 165 Å². The molecule has 4 aliphatic carbocycles. The predicted octanol–water partition coefficient (Wildman–Crippen LogP) is 3.12. The summed E-state index contributed by atoms with van der Waals surface area (Å²) in [7, 11) is 0. The van der Waals surface area contributed by atoms with Crippen LogP contribution in [0, 0.1) is 29.1 Å². The monoisotopic (exact) mass is 381 g/mol. The van der Waals surface area contributed by atoms with Crippen molar-refractivity contribution in [3.63, 3.8) is 0 Å². The molecule has 5 fully saturated rings. The van der Waals surface area contributed by atoms with Gasteiger partial charge in [-0.1, -0.05) is 0 Å². The highest BCUT2D eigenvalue weighted by Crippen LogP contribution is 2.56. The molecule has 1 aliphatic heterocycles. The maximum absolute atomic E-state index is 12.8. The molecule has 1 saturated heterocycles. The van der Waals surface area contributed by atoms with E-state index in [4.69, 9.17) is 10.00 Å². The summed E-state index contributed by atoms with van der Waals surface area (Å²) < 4.78 is 6.00. The molecule has 5 aliphatic rings. The third-order valence-electron chi connectivity index (χ3n) is 7.22. The molecule has 28 heavy (non-hydrogen) atoms. The van der Waals surface area contributed by atoms with Crippen LogP contribution in [0.2, 0.25) is 0 Å². The van der Waals surface area contributed by atoms with E-state index in [1.165, 1.54) is 0 Å². The second-order valence-electron chi connectivity index (χ2n) is 9.31. The fourth-order valence-corrected chi connectivity index (χ4v) is 6.24. The average Bonchev–Trinajstić information content (AvgIpc) is 3.12. The second kappa shape index (κ2) is 6.66. The Morgan fingerprint density at radius 2 is 1.93 bits per heavy atom. The SMILES string of the molecule is N#Cc1ccc(NC2CCN(C(=O)OC3C4CC5C[C@@H]3CC(O)(C5)C4)C2)cc1. The lowest BCUT2D eigenvalue weighted by Crippen LogP contribution is -2.58. The minimum absolute atomic E-state index is 0.0186. The molecule has 6 heteroatoms. The molecule has 6 nitrogen and oxygen atoms in total. The van der Waals surface area contributed by atoms with Crippen molar-refractivity contribution in [2.45, 2.75) is 56.3 Å². The Kier molecular flexibility index (Phi) is 4.24. The van der Waals surface area contributed by atoms with Gasteiger partial charge in [0.25, 0.3) is 0 Å². The summed E-state index contributed by atoms with van der Waals surface area (Å²) in [5, 5.41) is 23.0. The van der Waals surface area contributed by atoms with Crippen molar-refractivity contribution in [1.29, 1.82) is 5.26 Å². The standard InChI is InChI=1S/C22H27N3O3/c23-12-14-1-3-18(4-2-14)24-19-5-6-25(13-19)21(26)28-20-16-7-15-8-17(20)11-22(27,9-15)10-16/h1-4,15-17,19-20,24,27H,5-11,13H2/t15?,16-,17?,19?,20?,22?/m1/s1. The van der Waals surface area contributed by atoms with E-state index >= 15 is 0 Å². The zero-order valence-electron chi connectivity index (χ0n) is 16.0. The second-order valence-corrected chi connectivity index (χ2v) is 9.31. The van der Waals surface area contributed by atoms with Crippen LogP contribution in [-0.4, -0.2) is 46.9 Å². The Morgan fingerprint density at radius 1 is 1.21 bits per heavy atom. The molecule has 1 amide bonds. The number of benzene rings is 1. The van der Waals surface area contributed by atoms with Crippen LogP contribution in [-0.2, 0) is 4.74 Å². The third-order valence-corrected chi connectivity index (χ3v) is 7.22. The van der Waals surface area contributed by atoms with Gasteiger partial charge in [0.2, 0.25) is 0 Å². The summed E-state index contributed by atoms with van der Waals surface area (Å²) in [4.78, 5) is 14.6. The van der Waals surface area contributed by atoms with Crippen LogP contribution in [0.25, 0.3) is 0 Å². The maximum atomic E-state index is 12.8. The molecule has 0 radical (unpaired) electrons. The number of amides is 1. The minimum Gasteiger partial charge on any atom is -0.446 e. The van der Waals surface area contributed by atoms with E-state index in [9.17, 15) is 9.90 Å². The molecule has 6 rings (SSSR count). The van der Waals surface area contributed by atoms with E-state index in [-0.39, 0.29) is 18.2 Å². The molecule has 1 heterocycles. The number of rotatable bonds is 3. The smallest absolute Gasteiger partial charge is 0.410 e. The molecule has 1 aromatic rings. The van der Waals surface area contributed by atoms with E-state index in [1.54, 1.807) is 17.0 Å². The summed E-state index contributed by atoms with van der Waals surface area (Å²) in [5.41, 5.74) is 1.11. The van der Waals surface area contributed by atoms with Crippen LogP contribution in [0.3, 0.4) is 0 Å². The molecule has 2 N–H and O–H groups in total. The normalized spacial score (nSPS) is 38.3. The van der Waals surface area contributed by atoms with Crippen molar-refractivity contribution < 1.29 is 14.6 Å². The number of hydrogen-bond acceptors (Lipinski definition) is 5. The zero-order valence-corrected chi connectivity index (χ0v) is 16.0. The van der Waals surface area contributed by atoms with Gasteiger partial charge in [0.1, 0.15) is 6.10 Å². The van der Waals surface area contributed by atoms with Crippen molar-refractivity contribution in [1.82, 2.24) is 4.90 Å². The summed E-state index contributed by atoms with van der Waals surface area (Å²) in [6, 6.07) is 9.71. The minimum atomic E-state index is -0.497. The summed E-state index contributed by atoms with van der Waals surface area (Å²) in [5.74, 6) is 1.27. The largest absolute Gasteiger partial charge is 0.446 e. The quantitative estimate of drug-likeness (QED) is 0.840. The number of anilines is 1. The maximum Gasteiger partial charge on any atom is 0.410 e. The van der Waals surface area contributed by atoms with E-state index in [2.05, 4.69) is 11.4 Å². The van der Waals surface area contributed by atoms with Crippen molar-refractivity contribution in [3.8, 4) is 6.07 Å². The fraction of sp³-hybridized carbons (Fsp3) is 0.636. The molecule has 5 unspecified atom stereocenters. The number of aliphatic hydroxyl groups is 1. The Morgan fingerprint density at radius 3 is 2.57 bits per heavy atom. The van der Waals surface area contributed by atoms with Crippen LogP contribution in [0.1, 0.15) is 44.1 Å². The van der Waals surface area contributed by atoms with Gasteiger partial charge < -0.3 is 20.1 Å². The molecule has 4 saturated carbocycles. The average molecular weight is 381 g/mol. The number of hydrogen-bond donors (Lipinski definition) is 2. The summed E-state index contributed by atoms with van der Waals surface area (Å²) in [6.07, 6.45) is 5.38. The van der Waals surface area contributed by atoms with Crippen molar-refractivity contribution in [2.75, 3.05) is 18.4 Å². The number of carbonyl (C=O) groups is 1. The Bertz CT molecular complexity index is 786. The first-order valence-corrected chi connectivity index (χ1v) is 10.5. The van der Waals surface area contributed by atoms with Gasteiger partial charge in [0.05, 0.1) is 17.2 Å². The van der Waals surface area contributed by atoms with Gasteiger partial charge in [-0.2, -0.15) is 5.26 Å². The molecule has 148 valence electrons. The summed E-state index contributed by atoms with van der Waals surface area (Å²) in [6.45, 7) is 1.33. The van der Waals surface area contributed by atoms with Crippen molar-refractivity contribution in [2.24, 2.45) is 17.8 Å². The van der Waals surface area contributed by atoms with Crippen LogP contribution in [0.4, 0.5) is 10.5 Å². The fourth-order valence-electron chi connectivity index (χ4n) is 6.24. The lowest BCUT2D eigenvalue weighted by atomic mass is 9.53. The highest BCUT2D eigenvalue weighted by molar-refractivity contribution is 5.68. The highest BCUT2D eigenvalue weighted by Gasteiger charge is 2.56. The van der Waals surface area contributed by atoms with E-state index in [1.807, 2.05) is 12.1 Å². The molecular weight excluding hydrogens is 354 g/mol. The first-order chi connectivity index (χ1) is 13.5. The van der Waals surface area contributed by atoms with E-state index in [0.29, 0.717) is 36.4 Å². The molecule has 0 spiro atoms. The van der Waals surface area contributed by atoms with Gasteiger partial charge in [-0.25, -0.2) is 4.79 Å². The van der Waals surface area contributed by atoms with Crippen LogP contribution in [0.5, 0.6) is 0 Å². The molecule has 0 aromatic heterocycles. The van der Waals surface area contributed by atoms with E-state index in [0.717, 1.165) is 44.2 Å². The molecule has 6 atom stereocenters. The van der Waals surface area contributed by atoms with Gasteiger partial charge in [-0.15, -0.1) is 0 Å². The van der Waals surface area contributed by atoms with Crippen LogP contribution >= 0.6 is 0 Å². The topological polar surface area (TPSA) is 85.6 Å². The number of likely N-dealkylation sites (tertiary alicyclic amines) is 1. The number of nitrogens with one attached hydrogen (secondary N) is 1. The van der Waals surface area contributed by atoms with Gasteiger partial charge in [0.15, 0.2) is 0 Å². The van der Waals surface area contributed by atoms with Crippen LogP contribution in [0.15, 0.2) is 24.3 Å². The first kappa shape index (κ1) is 17.8. The number of carbonyl (C=O) groups excluding carboxylic acids is 1. The van der Waals surface area contributed by atoms with Gasteiger partial charge >= 0.3 is 6.09 Å². The van der Waals surface area contributed by atoms with Crippen molar-refractivity contribution in [3.05, 3.63) is 29.8 Å². The molecular formula is C22H27N3O3. The predicted molar refractivity (Wildman–Crippen MR) is 104 cm³/mol. The molecule has 4 bridgehead atoms. The lowest BCUT2D eigenvalue weighted by Gasteiger charge is -2.57. The number of ether oxygens (including phenoxy) is 1. The van der Waals surface area contributed by atoms with Gasteiger partial charge in [0, 0.05) is 24.8 Å². The van der Waals surface area contributed by atoms with Crippen LogP contribution < -0.4 is 5.32 Å². The van der Waals surface area contributed by atoms with E-state index < -0.39 is 5.60 Å².